The summed E-state index contributed by atoms with van der Waals surface area (Å²) in [5.74, 6) is 0.258. The van der Waals surface area contributed by atoms with Gasteiger partial charge in [-0.25, -0.2) is 0 Å². The van der Waals surface area contributed by atoms with Crippen molar-refractivity contribution in [3.63, 3.8) is 0 Å². The Balaban J connectivity index is 3.38. The fraction of sp³-hybridized carbons (Fsp3) is 0.812. The van der Waals surface area contributed by atoms with Crippen molar-refractivity contribution < 1.29 is 9.53 Å². The minimum Gasteiger partial charge on any atom is -0.374 e. The molecular weight excluding hydrogens is 224 g/mol. The molecule has 0 aliphatic rings. The van der Waals surface area contributed by atoms with Crippen LogP contribution in [-0.2, 0) is 9.53 Å². The fourth-order valence-corrected chi connectivity index (χ4v) is 1.94. The molecule has 0 aromatic heterocycles. The molecule has 0 amide bonds. The van der Waals surface area contributed by atoms with Gasteiger partial charge < -0.3 is 9.53 Å². The molecule has 0 aliphatic carbocycles. The Hall–Kier alpha value is -0.630. The molecule has 2 nitrogen and oxygen atoms in total. The van der Waals surface area contributed by atoms with Crippen LogP contribution < -0.4 is 0 Å². The number of carbonyl (C=O) groups is 1. The SMILES string of the molecule is C=CC(CCCC(C)=O)OCCCCCCCC. The van der Waals surface area contributed by atoms with Gasteiger partial charge in [0.05, 0.1) is 6.10 Å². The second kappa shape index (κ2) is 12.8. The summed E-state index contributed by atoms with van der Waals surface area (Å²) < 4.78 is 5.75. The Bertz CT molecular complexity index is 211. The van der Waals surface area contributed by atoms with Crippen molar-refractivity contribution >= 4 is 5.78 Å². The molecule has 18 heavy (non-hydrogen) atoms. The molecule has 0 N–H and O–H groups in total. The van der Waals surface area contributed by atoms with Crippen LogP contribution in [0.3, 0.4) is 0 Å². The second-order valence-electron chi connectivity index (χ2n) is 5.01. The topological polar surface area (TPSA) is 26.3 Å². The van der Waals surface area contributed by atoms with Crippen LogP contribution in [0, 0.1) is 0 Å². The quantitative estimate of drug-likeness (QED) is 0.352. The highest BCUT2D eigenvalue weighted by Crippen LogP contribution is 2.09. The zero-order valence-corrected chi connectivity index (χ0v) is 12.2. The largest absolute Gasteiger partial charge is 0.374 e. The van der Waals surface area contributed by atoms with Gasteiger partial charge in [0.2, 0.25) is 0 Å². The number of Topliss-reactive ketones (excluding diaryl/α,β-unsaturated/α-hetero) is 1. The number of hydrogen-bond donors (Lipinski definition) is 0. The number of carbonyl (C=O) groups excluding carboxylic acids is 1. The van der Waals surface area contributed by atoms with Crippen LogP contribution in [0.4, 0.5) is 0 Å². The highest BCUT2D eigenvalue weighted by atomic mass is 16.5. The number of ether oxygens (including phenoxy) is 1. The summed E-state index contributed by atoms with van der Waals surface area (Å²) in [5, 5.41) is 0. The number of rotatable bonds is 13. The molecule has 106 valence electrons. The summed E-state index contributed by atoms with van der Waals surface area (Å²) in [6.07, 6.45) is 12.2. The van der Waals surface area contributed by atoms with E-state index in [4.69, 9.17) is 4.74 Å². The smallest absolute Gasteiger partial charge is 0.129 e. The molecule has 0 spiro atoms. The van der Waals surface area contributed by atoms with Gasteiger partial charge in [-0.3, -0.25) is 0 Å². The Kier molecular flexibility index (Phi) is 12.4. The molecule has 0 bridgehead atoms. The van der Waals surface area contributed by atoms with Crippen LogP contribution in [0.5, 0.6) is 0 Å². The van der Waals surface area contributed by atoms with E-state index in [1.54, 1.807) is 6.92 Å². The Morgan fingerprint density at radius 2 is 1.83 bits per heavy atom. The maximum Gasteiger partial charge on any atom is 0.129 e. The lowest BCUT2D eigenvalue weighted by molar-refractivity contribution is -0.117. The molecule has 0 rings (SSSR count). The van der Waals surface area contributed by atoms with E-state index in [1.807, 2.05) is 6.08 Å². The van der Waals surface area contributed by atoms with E-state index in [2.05, 4.69) is 13.5 Å². The van der Waals surface area contributed by atoms with Gasteiger partial charge in [0.25, 0.3) is 0 Å². The molecule has 0 heterocycles. The van der Waals surface area contributed by atoms with E-state index in [1.165, 1.54) is 32.1 Å². The Morgan fingerprint density at radius 3 is 2.44 bits per heavy atom. The van der Waals surface area contributed by atoms with Crippen LogP contribution in [0.25, 0.3) is 0 Å². The van der Waals surface area contributed by atoms with Gasteiger partial charge in [0.15, 0.2) is 0 Å². The predicted molar refractivity (Wildman–Crippen MR) is 77.8 cm³/mol. The van der Waals surface area contributed by atoms with E-state index >= 15 is 0 Å². The minimum absolute atomic E-state index is 0.125. The van der Waals surface area contributed by atoms with Crippen LogP contribution in [0.2, 0.25) is 0 Å². The molecule has 0 saturated carbocycles. The van der Waals surface area contributed by atoms with E-state index in [9.17, 15) is 4.79 Å². The van der Waals surface area contributed by atoms with Gasteiger partial charge in [-0.05, 0) is 26.2 Å². The first-order valence-electron chi connectivity index (χ1n) is 7.44. The van der Waals surface area contributed by atoms with Crippen molar-refractivity contribution in [3.8, 4) is 0 Å². The third-order valence-corrected chi connectivity index (χ3v) is 3.11. The number of hydrogen-bond acceptors (Lipinski definition) is 2. The molecule has 0 aromatic rings. The van der Waals surface area contributed by atoms with Gasteiger partial charge in [0, 0.05) is 13.0 Å². The molecule has 1 atom stereocenters. The summed E-state index contributed by atoms with van der Waals surface area (Å²) in [7, 11) is 0. The van der Waals surface area contributed by atoms with E-state index < -0.39 is 0 Å². The normalized spacial score (nSPS) is 12.3. The summed E-state index contributed by atoms with van der Waals surface area (Å²) in [6, 6.07) is 0. The number of unbranched alkanes of at least 4 members (excludes halogenated alkanes) is 5. The van der Waals surface area contributed by atoms with Crippen LogP contribution in [0.1, 0.15) is 71.6 Å². The Morgan fingerprint density at radius 1 is 1.17 bits per heavy atom. The van der Waals surface area contributed by atoms with Crippen LogP contribution in [-0.4, -0.2) is 18.5 Å². The van der Waals surface area contributed by atoms with Gasteiger partial charge >= 0.3 is 0 Å². The molecule has 0 fully saturated rings. The van der Waals surface area contributed by atoms with Crippen molar-refractivity contribution in [1.29, 1.82) is 0 Å². The second-order valence-corrected chi connectivity index (χ2v) is 5.01. The van der Waals surface area contributed by atoms with Crippen molar-refractivity contribution in [2.75, 3.05) is 6.61 Å². The van der Waals surface area contributed by atoms with E-state index in [-0.39, 0.29) is 11.9 Å². The first-order valence-corrected chi connectivity index (χ1v) is 7.44. The minimum atomic E-state index is 0.125. The maximum atomic E-state index is 10.8. The van der Waals surface area contributed by atoms with Gasteiger partial charge in [0.1, 0.15) is 5.78 Å². The molecule has 1 unspecified atom stereocenters. The standard InChI is InChI=1S/C16H30O2/c1-4-6-7-8-9-10-14-18-16(5-2)13-11-12-15(3)17/h5,16H,2,4,6-14H2,1,3H3. The van der Waals surface area contributed by atoms with Gasteiger partial charge in [-0.15, -0.1) is 6.58 Å². The highest BCUT2D eigenvalue weighted by Gasteiger charge is 2.04. The lowest BCUT2D eigenvalue weighted by Gasteiger charge is -2.13. The molecule has 2 heteroatoms. The summed E-state index contributed by atoms with van der Waals surface area (Å²) >= 11 is 0. The Labute approximate surface area is 113 Å². The first-order chi connectivity index (χ1) is 8.70. The average Bonchev–Trinajstić information content (AvgIpc) is 2.35. The molecular formula is C16H30O2. The summed E-state index contributed by atoms with van der Waals surface area (Å²) in [4.78, 5) is 10.8. The molecule has 0 saturated heterocycles. The average molecular weight is 254 g/mol. The summed E-state index contributed by atoms with van der Waals surface area (Å²) in [5.41, 5.74) is 0. The summed E-state index contributed by atoms with van der Waals surface area (Å²) in [6.45, 7) is 8.48. The first kappa shape index (κ1) is 17.4. The van der Waals surface area contributed by atoms with Crippen LogP contribution in [0.15, 0.2) is 12.7 Å². The predicted octanol–water partition coefficient (Wildman–Crippen LogP) is 4.68. The zero-order chi connectivity index (χ0) is 13.6. The monoisotopic (exact) mass is 254 g/mol. The molecule has 0 radical (unpaired) electrons. The van der Waals surface area contributed by atoms with Crippen molar-refractivity contribution in [2.45, 2.75) is 77.7 Å². The molecule has 0 aliphatic heterocycles. The number of ketones is 1. The van der Waals surface area contributed by atoms with Crippen molar-refractivity contribution in [3.05, 3.63) is 12.7 Å². The third-order valence-electron chi connectivity index (χ3n) is 3.11. The fourth-order valence-electron chi connectivity index (χ4n) is 1.94. The zero-order valence-electron chi connectivity index (χ0n) is 12.2. The van der Waals surface area contributed by atoms with Crippen molar-refractivity contribution in [2.24, 2.45) is 0 Å². The third kappa shape index (κ3) is 11.8. The van der Waals surface area contributed by atoms with Crippen LogP contribution >= 0.6 is 0 Å². The molecule has 0 aromatic carbocycles. The van der Waals surface area contributed by atoms with Crippen molar-refractivity contribution in [1.82, 2.24) is 0 Å². The van der Waals surface area contributed by atoms with E-state index in [0.717, 1.165) is 25.9 Å². The maximum absolute atomic E-state index is 10.8. The van der Waals surface area contributed by atoms with Gasteiger partial charge in [-0.2, -0.15) is 0 Å². The van der Waals surface area contributed by atoms with Gasteiger partial charge in [-0.1, -0.05) is 45.1 Å². The van der Waals surface area contributed by atoms with E-state index in [0.29, 0.717) is 6.42 Å². The lowest BCUT2D eigenvalue weighted by atomic mass is 10.1. The highest BCUT2D eigenvalue weighted by molar-refractivity contribution is 5.75. The lowest BCUT2D eigenvalue weighted by Crippen LogP contribution is -2.11.